The first kappa shape index (κ1) is 19.4. The minimum atomic E-state index is -4.38. The quantitative estimate of drug-likeness (QED) is 0.151. The van der Waals surface area contributed by atoms with Crippen LogP contribution < -0.4 is 4.57 Å². The number of rotatable bonds is 1. The zero-order valence-corrected chi connectivity index (χ0v) is 18.3. The highest BCUT2D eigenvalue weighted by Gasteiger charge is 2.50. The molecule has 5 heteroatoms. The maximum atomic E-state index is 14.3. The van der Waals surface area contributed by atoms with E-state index in [4.69, 9.17) is 0 Å². The van der Waals surface area contributed by atoms with E-state index in [9.17, 15) is 13.2 Å². The first-order valence-electron chi connectivity index (χ1n) is 10.7. The molecular weight excluding hydrogens is 409 g/mol. The van der Waals surface area contributed by atoms with Crippen LogP contribution >= 0.6 is 0 Å². The van der Waals surface area contributed by atoms with Gasteiger partial charge in [0.1, 0.15) is 7.05 Å². The summed E-state index contributed by atoms with van der Waals surface area (Å²) in [6, 6.07) is 17.7. The number of pyridine rings is 2. The van der Waals surface area contributed by atoms with Gasteiger partial charge in [0.05, 0.1) is 32.7 Å². The number of benzene rings is 3. The minimum Gasteiger partial charge on any atom is -0.307 e. The van der Waals surface area contributed by atoms with Crippen molar-refractivity contribution in [3.8, 4) is 0 Å². The van der Waals surface area contributed by atoms with Crippen LogP contribution in [0.3, 0.4) is 0 Å². The van der Waals surface area contributed by atoms with E-state index in [2.05, 4.69) is 28.0 Å². The molecule has 3 aromatic carbocycles. The summed E-state index contributed by atoms with van der Waals surface area (Å²) in [7, 11) is 2.00. The van der Waals surface area contributed by atoms with E-state index in [0.29, 0.717) is 10.9 Å². The van der Waals surface area contributed by atoms with Crippen LogP contribution in [0.5, 0.6) is 0 Å². The summed E-state index contributed by atoms with van der Waals surface area (Å²) in [6.07, 6.45) is -2.43. The fraction of sp³-hybridized carbons (Fsp3) is 0.222. The Kier molecular flexibility index (Phi) is 3.58. The van der Waals surface area contributed by atoms with Gasteiger partial charge in [-0.05, 0) is 55.5 Å². The van der Waals surface area contributed by atoms with Crippen LogP contribution in [-0.4, -0.2) is 10.6 Å². The molecular formula is C27H22F3N2+. The van der Waals surface area contributed by atoms with E-state index in [1.54, 1.807) is 6.07 Å². The SMILES string of the molecule is Cc1cccc2c1c1c3c(cc[n+]1C)cc(C(C)(C)C(F)(F)F)c1c4ccccc4n2c13. The fourth-order valence-electron chi connectivity index (χ4n) is 5.35. The van der Waals surface area contributed by atoms with Crippen molar-refractivity contribution in [2.75, 3.05) is 0 Å². The fourth-order valence-corrected chi connectivity index (χ4v) is 5.35. The van der Waals surface area contributed by atoms with Gasteiger partial charge in [-0.2, -0.15) is 13.2 Å². The zero-order valence-electron chi connectivity index (χ0n) is 18.3. The third-order valence-electron chi connectivity index (χ3n) is 7.15. The number of para-hydroxylation sites is 1. The molecule has 0 radical (unpaired) electrons. The molecule has 6 aromatic rings. The van der Waals surface area contributed by atoms with Crippen molar-refractivity contribution in [1.29, 1.82) is 0 Å². The van der Waals surface area contributed by atoms with Crippen LogP contribution in [0, 0.1) is 6.92 Å². The zero-order chi connectivity index (χ0) is 22.6. The van der Waals surface area contributed by atoms with Gasteiger partial charge in [-0.15, -0.1) is 0 Å². The molecule has 0 aliphatic carbocycles. The molecule has 0 amide bonds. The highest BCUT2D eigenvalue weighted by atomic mass is 19.4. The van der Waals surface area contributed by atoms with Crippen LogP contribution in [0.1, 0.15) is 25.0 Å². The molecule has 0 aliphatic rings. The number of aryl methyl sites for hydroxylation is 2. The molecule has 0 aliphatic heterocycles. The summed E-state index contributed by atoms with van der Waals surface area (Å²) in [5, 5.41) is 4.50. The average Bonchev–Trinajstić information content (AvgIpc) is 3.09. The molecule has 0 atom stereocenters. The number of halogens is 3. The Hall–Kier alpha value is -3.34. The second kappa shape index (κ2) is 5.91. The Morgan fingerprint density at radius 2 is 1.56 bits per heavy atom. The Labute approximate surface area is 182 Å². The minimum absolute atomic E-state index is 0.318. The van der Waals surface area contributed by atoms with Gasteiger partial charge in [0.25, 0.3) is 0 Å². The normalized spacial score (nSPS) is 13.5. The molecule has 0 N–H and O–H groups in total. The summed E-state index contributed by atoms with van der Waals surface area (Å²) < 4.78 is 47.1. The Bertz CT molecular complexity index is 1700. The Morgan fingerprint density at radius 3 is 2.31 bits per heavy atom. The van der Waals surface area contributed by atoms with Gasteiger partial charge in [-0.1, -0.05) is 30.3 Å². The van der Waals surface area contributed by atoms with Gasteiger partial charge in [0.15, 0.2) is 6.20 Å². The van der Waals surface area contributed by atoms with Crippen molar-refractivity contribution in [2.24, 2.45) is 7.05 Å². The summed E-state index contributed by atoms with van der Waals surface area (Å²) in [5.41, 5.74) is 3.31. The van der Waals surface area contributed by atoms with Crippen LogP contribution in [0.15, 0.2) is 60.8 Å². The van der Waals surface area contributed by atoms with E-state index in [1.165, 1.54) is 13.8 Å². The lowest BCUT2D eigenvalue weighted by atomic mass is 9.80. The van der Waals surface area contributed by atoms with Crippen LogP contribution in [0.4, 0.5) is 13.2 Å². The molecule has 2 nitrogen and oxygen atoms in total. The number of nitrogens with zero attached hydrogens (tertiary/aromatic N) is 2. The van der Waals surface area contributed by atoms with Gasteiger partial charge >= 0.3 is 6.18 Å². The predicted molar refractivity (Wildman–Crippen MR) is 124 cm³/mol. The third-order valence-corrected chi connectivity index (χ3v) is 7.15. The lowest BCUT2D eigenvalue weighted by Gasteiger charge is -2.29. The van der Waals surface area contributed by atoms with Gasteiger partial charge in [0, 0.05) is 16.8 Å². The molecule has 0 spiro atoms. The Balaban J connectivity index is 2.06. The molecule has 6 rings (SSSR count). The summed E-state index contributed by atoms with van der Waals surface area (Å²) in [4.78, 5) is 0. The maximum absolute atomic E-state index is 14.3. The van der Waals surface area contributed by atoms with Crippen molar-refractivity contribution in [3.63, 3.8) is 0 Å². The van der Waals surface area contributed by atoms with Crippen molar-refractivity contribution in [3.05, 3.63) is 71.9 Å². The van der Waals surface area contributed by atoms with E-state index in [-0.39, 0.29) is 0 Å². The monoisotopic (exact) mass is 431 g/mol. The molecule has 160 valence electrons. The summed E-state index contributed by atoms with van der Waals surface area (Å²) >= 11 is 0. The summed E-state index contributed by atoms with van der Waals surface area (Å²) in [6.45, 7) is 4.66. The second-order valence-electron chi connectivity index (χ2n) is 9.33. The largest absolute Gasteiger partial charge is 0.397 e. The maximum Gasteiger partial charge on any atom is 0.397 e. The first-order chi connectivity index (χ1) is 15.1. The lowest BCUT2D eigenvalue weighted by Crippen LogP contribution is -2.36. The molecule has 0 saturated carbocycles. The predicted octanol–water partition coefficient (Wildman–Crippen LogP) is 6.96. The van der Waals surface area contributed by atoms with Crippen LogP contribution in [0.2, 0.25) is 0 Å². The van der Waals surface area contributed by atoms with Crippen molar-refractivity contribution in [2.45, 2.75) is 32.4 Å². The van der Waals surface area contributed by atoms with Crippen LogP contribution in [-0.2, 0) is 12.5 Å². The number of fused-ring (bicyclic) bond motifs is 6. The van der Waals surface area contributed by atoms with E-state index < -0.39 is 11.6 Å². The third kappa shape index (κ3) is 2.18. The van der Waals surface area contributed by atoms with Gasteiger partial charge in [-0.3, -0.25) is 0 Å². The molecule has 0 fully saturated rings. The average molecular weight is 431 g/mol. The number of hydrogen-bond acceptors (Lipinski definition) is 0. The topological polar surface area (TPSA) is 8.29 Å². The standard InChI is InChI=1S/C27H22F3N2/c1-15-8-7-11-20-21(15)24-22-16(12-13-31(24)4)14-18(26(2,3)27(28,29)30)23-17-9-5-6-10-19(17)32(20)25(22)23/h5-14H,1-4H3/q+1. The van der Waals surface area contributed by atoms with Crippen LogP contribution in [0.25, 0.3) is 49.0 Å². The molecule has 0 bridgehead atoms. The molecule has 0 unspecified atom stereocenters. The lowest BCUT2D eigenvalue weighted by molar-refractivity contribution is -0.643. The number of aromatic nitrogens is 2. The number of hydrogen-bond donors (Lipinski definition) is 0. The van der Waals surface area contributed by atoms with Crippen molar-refractivity contribution >= 4 is 49.0 Å². The van der Waals surface area contributed by atoms with Gasteiger partial charge in [0.2, 0.25) is 5.52 Å². The van der Waals surface area contributed by atoms with Gasteiger partial charge < -0.3 is 4.40 Å². The van der Waals surface area contributed by atoms with Crippen molar-refractivity contribution < 1.29 is 17.7 Å². The van der Waals surface area contributed by atoms with E-state index in [1.807, 2.05) is 49.6 Å². The van der Waals surface area contributed by atoms with E-state index >= 15 is 0 Å². The van der Waals surface area contributed by atoms with Crippen molar-refractivity contribution in [1.82, 2.24) is 4.40 Å². The highest BCUT2D eigenvalue weighted by molar-refractivity contribution is 6.28. The molecule has 0 saturated heterocycles. The van der Waals surface area contributed by atoms with E-state index in [0.717, 1.165) is 49.2 Å². The molecule has 3 heterocycles. The van der Waals surface area contributed by atoms with Gasteiger partial charge in [-0.25, -0.2) is 4.57 Å². The number of alkyl halides is 3. The summed E-state index contributed by atoms with van der Waals surface area (Å²) in [5.74, 6) is 0. The Morgan fingerprint density at radius 1 is 0.844 bits per heavy atom. The first-order valence-corrected chi connectivity index (χ1v) is 10.7. The second-order valence-corrected chi connectivity index (χ2v) is 9.33. The molecule has 32 heavy (non-hydrogen) atoms. The highest BCUT2D eigenvalue weighted by Crippen LogP contribution is 2.49. The molecule has 3 aromatic heterocycles. The smallest absolute Gasteiger partial charge is 0.307 e.